The highest BCUT2D eigenvalue weighted by Crippen LogP contribution is 2.58. The van der Waals surface area contributed by atoms with E-state index in [4.69, 9.17) is 14.2 Å². The third-order valence-corrected chi connectivity index (χ3v) is 5.11. The summed E-state index contributed by atoms with van der Waals surface area (Å²) in [6.07, 6.45) is 0.388. The molecule has 1 spiro atoms. The molecule has 116 valence electrons. The molecule has 4 heteroatoms. The van der Waals surface area contributed by atoms with Crippen molar-refractivity contribution in [2.24, 2.45) is 0 Å². The quantitative estimate of drug-likeness (QED) is 0.818. The molecule has 0 N–H and O–H groups in total. The average Bonchev–Trinajstić information content (AvgIpc) is 3.47. The Morgan fingerprint density at radius 2 is 1.91 bits per heavy atom. The molecule has 0 saturated carbocycles. The van der Waals surface area contributed by atoms with Gasteiger partial charge in [-0.3, -0.25) is 4.79 Å². The van der Waals surface area contributed by atoms with Crippen LogP contribution >= 0.6 is 0 Å². The van der Waals surface area contributed by atoms with Gasteiger partial charge in [-0.2, -0.15) is 0 Å². The first-order valence-corrected chi connectivity index (χ1v) is 7.83. The van der Waals surface area contributed by atoms with E-state index in [2.05, 4.69) is 0 Å². The Morgan fingerprint density at radius 3 is 2.74 bits per heavy atom. The van der Waals surface area contributed by atoms with E-state index in [0.29, 0.717) is 6.42 Å². The number of ether oxygens (including phenoxy) is 3. The van der Waals surface area contributed by atoms with Crippen molar-refractivity contribution in [1.82, 2.24) is 0 Å². The van der Waals surface area contributed by atoms with Crippen molar-refractivity contribution in [2.45, 2.75) is 30.3 Å². The van der Waals surface area contributed by atoms with Crippen LogP contribution in [-0.4, -0.2) is 30.7 Å². The number of hydrogen-bond acceptors (Lipinski definition) is 4. The first kappa shape index (κ1) is 13.3. The summed E-state index contributed by atoms with van der Waals surface area (Å²) >= 11 is 0. The molecule has 3 aliphatic rings. The molecule has 0 unspecified atom stereocenters. The van der Waals surface area contributed by atoms with E-state index in [0.717, 1.165) is 22.4 Å². The fourth-order valence-corrected chi connectivity index (χ4v) is 3.84. The molecule has 2 aromatic carbocycles. The number of methoxy groups -OCH3 is 1. The fraction of sp³-hybridized carbons (Fsp3) is 0.316. The minimum Gasteiger partial charge on any atom is -0.496 e. The first-order chi connectivity index (χ1) is 11.2. The Hall–Kier alpha value is -2.17. The van der Waals surface area contributed by atoms with E-state index in [1.54, 1.807) is 7.11 Å². The van der Waals surface area contributed by atoms with Gasteiger partial charge in [0.2, 0.25) is 0 Å². The summed E-state index contributed by atoms with van der Waals surface area (Å²) < 4.78 is 17.1. The third-order valence-electron chi connectivity index (χ3n) is 5.11. The number of carbonyl (C=O) groups excluding carboxylic acids is 1. The Morgan fingerprint density at radius 1 is 1.13 bits per heavy atom. The van der Waals surface area contributed by atoms with Crippen LogP contribution < -0.4 is 4.74 Å². The van der Waals surface area contributed by atoms with E-state index in [1.165, 1.54) is 0 Å². The zero-order valence-corrected chi connectivity index (χ0v) is 12.7. The van der Waals surface area contributed by atoms with Crippen LogP contribution in [0.3, 0.4) is 0 Å². The maximum absolute atomic E-state index is 12.7. The van der Waals surface area contributed by atoms with Crippen molar-refractivity contribution >= 4 is 5.78 Å². The number of fused-ring (bicyclic) bond motifs is 1. The Balaban J connectivity index is 1.38. The van der Waals surface area contributed by atoms with E-state index in [1.807, 2.05) is 48.5 Å². The van der Waals surface area contributed by atoms with E-state index < -0.39 is 5.60 Å². The predicted octanol–water partition coefficient (Wildman–Crippen LogP) is 2.71. The van der Waals surface area contributed by atoms with Crippen molar-refractivity contribution in [3.63, 3.8) is 0 Å². The number of benzene rings is 2. The molecule has 2 aliphatic heterocycles. The highest BCUT2D eigenvalue weighted by Gasteiger charge is 2.73. The predicted molar refractivity (Wildman–Crippen MR) is 82.7 cm³/mol. The second kappa shape index (κ2) is 4.43. The molecule has 0 amide bonds. The summed E-state index contributed by atoms with van der Waals surface area (Å²) in [6.45, 7) is 0. The fourth-order valence-electron chi connectivity index (χ4n) is 3.84. The van der Waals surface area contributed by atoms with Gasteiger partial charge in [0.25, 0.3) is 0 Å². The maximum atomic E-state index is 12.7. The van der Waals surface area contributed by atoms with Gasteiger partial charge in [-0.1, -0.05) is 42.5 Å². The molecule has 4 nitrogen and oxygen atoms in total. The monoisotopic (exact) mass is 308 g/mol. The maximum Gasteiger partial charge on any atom is 0.198 e. The van der Waals surface area contributed by atoms with Gasteiger partial charge >= 0.3 is 0 Å². The zero-order chi connectivity index (χ0) is 15.6. The van der Waals surface area contributed by atoms with Crippen molar-refractivity contribution < 1.29 is 19.0 Å². The van der Waals surface area contributed by atoms with Gasteiger partial charge in [0, 0.05) is 17.5 Å². The van der Waals surface area contributed by atoms with Crippen molar-refractivity contribution in [2.75, 3.05) is 7.11 Å². The summed E-state index contributed by atoms with van der Waals surface area (Å²) in [6, 6.07) is 15.6. The molecule has 5 rings (SSSR count). The van der Waals surface area contributed by atoms with Gasteiger partial charge in [-0.05, 0) is 11.6 Å². The van der Waals surface area contributed by atoms with E-state index in [-0.39, 0.29) is 24.1 Å². The molecular formula is C19H16O4. The first-order valence-electron chi connectivity index (χ1n) is 7.83. The summed E-state index contributed by atoms with van der Waals surface area (Å²) in [7, 11) is 1.66. The lowest BCUT2D eigenvalue weighted by molar-refractivity contribution is 0.0894. The smallest absolute Gasteiger partial charge is 0.198 e. The van der Waals surface area contributed by atoms with Gasteiger partial charge in [0.1, 0.15) is 24.1 Å². The van der Waals surface area contributed by atoms with Crippen LogP contribution in [0, 0.1) is 0 Å². The Labute approximate surface area is 134 Å². The summed E-state index contributed by atoms with van der Waals surface area (Å²) in [5.41, 5.74) is 2.21. The molecule has 0 aromatic heterocycles. The number of Topliss-reactive ketones (excluding diaryl/α,β-unsaturated/α-hetero) is 1. The summed E-state index contributed by atoms with van der Waals surface area (Å²) in [5, 5.41) is 0. The van der Waals surface area contributed by atoms with Crippen LogP contribution in [0.2, 0.25) is 0 Å². The molecular weight excluding hydrogens is 292 g/mol. The number of hydrogen-bond donors (Lipinski definition) is 0. The normalized spacial score (nSPS) is 33.6. The van der Waals surface area contributed by atoms with Crippen LogP contribution in [-0.2, 0) is 15.9 Å². The second-order valence-corrected chi connectivity index (χ2v) is 6.35. The lowest BCUT2D eigenvalue weighted by Gasteiger charge is -2.04. The van der Waals surface area contributed by atoms with E-state index >= 15 is 0 Å². The van der Waals surface area contributed by atoms with Crippen LogP contribution in [0.1, 0.15) is 27.6 Å². The Bertz CT molecular complexity index is 815. The van der Waals surface area contributed by atoms with Gasteiger partial charge in [-0.25, -0.2) is 0 Å². The van der Waals surface area contributed by atoms with Crippen molar-refractivity contribution in [1.29, 1.82) is 0 Å². The van der Waals surface area contributed by atoms with Crippen LogP contribution in [0.25, 0.3) is 0 Å². The van der Waals surface area contributed by atoms with Gasteiger partial charge in [0.15, 0.2) is 11.4 Å². The molecule has 2 heterocycles. The number of carbonyl (C=O) groups is 1. The van der Waals surface area contributed by atoms with Gasteiger partial charge < -0.3 is 14.2 Å². The zero-order valence-electron chi connectivity index (χ0n) is 12.7. The summed E-state index contributed by atoms with van der Waals surface area (Å²) in [4.78, 5) is 12.7. The largest absolute Gasteiger partial charge is 0.496 e. The number of para-hydroxylation sites is 1. The SMILES string of the molecule is COc1ccccc1[C@H]1O[C@@H]1[C@H]1O[C@@]12Cc1ccccc1C2=O. The molecule has 2 saturated heterocycles. The minimum absolute atomic E-state index is 0.0490. The third kappa shape index (κ3) is 1.76. The average molecular weight is 308 g/mol. The molecule has 2 aromatic rings. The molecule has 4 atom stereocenters. The molecule has 1 aliphatic carbocycles. The number of epoxide rings is 2. The minimum atomic E-state index is -0.689. The second-order valence-electron chi connectivity index (χ2n) is 6.35. The molecule has 2 fully saturated rings. The van der Waals surface area contributed by atoms with Crippen LogP contribution in [0.4, 0.5) is 0 Å². The highest BCUT2D eigenvalue weighted by atomic mass is 16.7. The van der Waals surface area contributed by atoms with Gasteiger partial charge in [-0.15, -0.1) is 0 Å². The molecule has 23 heavy (non-hydrogen) atoms. The highest BCUT2D eigenvalue weighted by molar-refractivity contribution is 6.09. The molecule has 0 bridgehead atoms. The number of ketones is 1. The van der Waals surface area contributed by atoms with E-state index in [9.17, 15) is 4.79 Å². The standard InChI is InChI=1S/C19H16O4/c1-21-14-9-5-4-8-13(14)15-16(22-15)18-19(23-18)10-11-6-2-3-7-12(11)17(19)20/h2-9,15-16,18H,10H2,1H3/t15-,16+,18-,19-/m1/s1. The van der Waals surface area contributed by atoms with Crippen molar-refractivity contribution in [3.8, 4) is 5.75 Å². The van der Waals surface area contributed by atoms with Crippen LogP contribution in [0.15, 0.2) is 48.5 Å². The van der Waals surface area contributed by atoms with Gasteiger partial charge in [0.05, 0.1) is 7.11 Å². The lowest BCUT2D eigenvalue weighted by atomic mass is 9.96. The lowest BCUT2D eigenvalue weighted by Crippen LogP contribution is -2.25. The number of rotatable bonds is 3. The topological polar surface area (TPSA) is 51.4 Å². The molecule has 0 radical (unpaired) electrons. The van der Waals surface area contributed by atoms with Crippen LogP contribution in [0.5, 0.6) is 5.75 Å². The van der Waals surface area contributed by atoms with Crippen molar-refractivity contribution in [3.05, 3.63) is 65.2 Å². The Kier molecular flexibility index (Phi) is 2.56. The summed E-state index contributed by atoms with van der Waals surface area (Å²) in [5.74, 6) is 0.920.